The van der Waals surface area contributed by atoms with Crippen LogP contribution in [-0.2, 0) is 32.6 Å². The number of ether oxygens (including phenoxy) is 2. The van der Waals surface area contributed by atoms with Crippen LogP contribution in [0.3, 0.4) is 0 Å². The van der Waals surface area contributed by atoms with Gasteiger partial charge in [0, 0.05) is 19.0 Å². The number of imidazole rings is 1. The van der Waals surface area contributed by atoms with E-state index in [1.807, 2.05) is 91.1 Å². The number of nitrogens with one attached hydrogen (secondary N) is 1. The van der Waals surface area contributed by atoms with Crippen molar-refractivity contribution in [1.82, 2.24) is 14.9 Å². The third-order valence-electron chi connectivity index (χ3n) is 7.75. The zero-order valence-corrected chi connectivity index (χ0v) is 26.1. The SMILES string of the molecule is COC(=O)C(Cc1ccccc1)(Cc1cn(C(c2ccccc2)(c2ccccc2)c2ccccc2)cn1)NC(=O)OC(C)(C)C. The molecule has 230 valence electrons. The van der Waals surface area contributed by atoms with Gasteiger partial charge in [-0.1, -0.05) is 121 Å². The molecule has 1 amide bonds. The van der Waals surface area contributed by atoms with Crippen molar-refractivity contribution < 1.29 is 19.1 Å². The molecule has 0 aliphatic carbocycles. The number of esters is 1. The Kier molecular flexibility index (Phi) is 9.18. The number of benzene rings is 4. The molecule has 7 nitrogen and oxygen atoms in total. The molecule has 1 unspecified atom stereocenters. The molecule has 45 heavy (non-hydrogen) atoms. The summed E-state index contributed by atoms with van der Waals surface area (Å²) in [6.07, 6.45) is 3.27. The van der Waals surface area contributed by atoms with Gasteiger partial charge in [-0.2, -0.15) is 0 Å². The lowest BCUT2D eigenvalue weighted by molar-refractivity contribution is -0.148. The number of carbonyl (C=O) groups excluding carboxylic acids is 2. The predicted molar refractivity (Wildman–Crippen MR) is 175 cm³/mol. The third-order valence-corrected chi connectivity index (χ3v) is 7.75. The van der Waals surface area contributed by atoms with Crippen LogP contribution < -0.4 is 5.32 Å². The van der Waals surface area contributed by atoms with Gasteiger partial charge >= 0.3 is 12.1 Å². The van der Waals surface area contributed by atoms with Gasteiger partial charge in [0.2, 0.25) is 0 Å². The number of alkyl carbamates (subject to hydrolysis) is 1. The fraction of sp³-hybridized carbons (Fsp3) is 0.237. The molecule has 4 aromatic carbocycles. The van der Waals surface area contributed by atoms with Crippen molar-refractivity contribution in [3.8, 4) is 0 Å². The van der Waals surface area contributed by atoms with Gasteiger partial charge in [0.25, 0.3) is 0 Å². The zero-order chi connectivity index (χ0) is 31.9. The Bertz CT molecular complexity index is 1600. The van der Waals surface area contributed by atoms with Crippen LogP contribution in [0.4, 0.5) is 4.79 Å². The normalized spacial score (nSPS) is 13.0. The Hall–Kier alpha value is -5.17. The van der Waals surface area contributed by atoms with E-state index in [1.165, 1.54) is 7.11 Å². The zero-order valence-electron chi connectivity index (χ0n) is 26.1. The van der Waals surface area contributed by atoms with Crippen LogP contribution in [0.2, 0.25) is 0 Å². The molecule has 1 N–H and O–H groups in total. The number of methoxy groups -OCH3 is 1. The maximum atomic E-state index is 13.7. The van der Waals surface area contributed by atoms with Crippen molar-refractivity contribution in [1.29, 1.82) is 0 Å². The first-order valence-electron chi connectivity index (χ1n) is 15.0. The van der Waals surface area contributed by atoms with Crippen LogP contribution in [0.1, 0.15) is 48.7 Å². The average molecular weight is 602 g/mol. The van der Waals surface area contributed by atoms with Crippen molar-refractivity contribution in [3.63, 3.8) is 0 Å². The van der Waals surface area contributed by atoms with E-state index in [1.54, 1.807) is 27.1 Å². The monoisotopic (exact) mass is 601 g/mol. The molecule has 0 aliphatic rings. The molecule has 5 aromatic rings. The lowest BCUT2D eigenvalue weighted by Crippen LogP contribution is -2.59. The van der Waals surface area contributed by atoms with Crippen molar-refractivity contribution in [3.05, 3.63) is 162 Å². The second-order valence-electron chi connectivity index (χ2n) is 12.1. The van der Waals surface area contributed by atoms with Crippen molar-refractivity contribution >= 4 is 12.1 Å². The fourth-order valence-corrected chi connectivity index (χ4v) is 5.92. The summed E-state index contributed by atoms with van der Waals surface area (Å²) in [5.74, 6) is -0.591. The molecule has 5 rings (SSSR count). The smallest absolute Gasteiger partial charge is 0.408 e. The van der Waals surface area contributed by atoms with E-state index < -0.39 is 28.7 Å². The molecule has 0 bridgehead atoms. The summed E-state index contributed by atoms with van der Waals surface area (Å²) in [7, 11) is 1.32. The number of aromatic nitrogens is 2. The summed E-state index contributed by atoms with van der Waals surface area (Å²) < 4.78 is 13.0. The maximum Gasteiger partial charge on any atom is 0.408 e. The first-order chi connectivity index (χ1) is 21.7. The first-order valence-corrected chi connectivity index (χ1v) is 15.0. The summed E-state index contributed by atoms with van der Waals surface area (Å²) in [6.45, 7) is 5.34. The largest absolute Gasteiger partial charge is 0.467 e. The van der Waals surface area contributed by atoms with Crippen LogP contribution in [-0.4, -0.2) is 39.9 Å². The summed E-state index contributed by atoms with van der Waals surface area (Å²) in [5.41, 5.74) is 1.55. The Labute approximate surface area is 264 Å². The molecular weight excluding hydrogens is 562 g/mol. The lowest BCUT2D eigenvalue weighted by atomic mass is 9.76. The number of hydrogen-bond acceptors (Lipinski definition) is 5. The maximum absolute atomic E-state index is 13.7. The second-order valence-corrected chi connectivity index (χ2v) is 12.1. The molecule has 0 saturated carbocycles. The number of hydrogen-bond donors (Lipinski definition) is 1. The minimum Gasteiger partial charge on any atom is -0.467 e. The summed E-state index contributed by atoms with van der Waals surface area (Å²) in [5, 5.41) is 2.89. The Morgan fingerprint density at radius 1 is 0.711 bits per heavy atom. The van der Waals surface area contributed by atoms with E-state index in [-0.39, 0.29) is 12.8 Å². The van der Waals surface area contributed by atoms with Gasteiger partial charge in [-0.05, 0) is 43.0 Å². The molecule has 7 heteroatoms. The van der Waals surface area contributed by atoms with Crippen molar-refractivity contribution in [2.24, 2.45) is 0 Å². The van der Waals surface area contributed by atoms with Crippen LogP contribution in [0.25, 0.3) is 0 Å². The Morgan fingerprint density at radius 2 is 1.18 bits per heavy atom. The van der Waals surface area contributed by atoms with Crippen molar-refractivity contribution in [2.45, 2.75) is 50.3 Å². The molecule has 1 atom stereocenters. The minimum absolute atomic E-state index is 0.0647. The van der Waals surface area contributed by atoms with Crippen LogP contribution in [0.5, 0.6) is 0 Å². The molecule has 0 saturated heterocycles. The highest BCUT2D eigenvalue weighted by molar-refractivity contribution is 5.86. The highest BCUT2D eigenvalue weighted by Crippen LogP contribution is 2.41. The van der Waals surface area contributed by atoms with Crippen molar-refractivity contribution in [2.75, 3.05) is 7.11 Å². The Morgan fingerprint density at radius 3 is 1.62 bits per heavy atom. The standard InChI is InChI=1S/C38H39N3O4/c1-36(2,3)45-35(43)40-37(34(42)44-4,25-29-17-9-5-10-18-29)26-33-27-41(28-39-33)38(30-19-11-6-12-20-30,31-21-13-7-14-22-31)32-23-15-8-16-24-32/h5-24,27-28H,25-26H2,1-4H3,(H,40,43). The Balaban J connectivity index is 1.66. The minimum atomic E-state index is -1.49. The highest BCUT2D eigenvalue weighted by atomic mass is 16.6. The molecule has 0 radical (unpaired) electrons. The van der Waals surface area contributed by atoms with Gasteiger partial charge in [0.15, 0.2) is 5.54 Å². The van der Waals surface area contributed by atoms with E-state index in [2.05, 4.69) is 46.3 Å². The van der Waals surface area contributed by atoms with Gasteiger partial charge in [0.05, 0.1) is 19.1 Å². The van der Waals surface area contributed by atoms with Gasteiger partial charge in [-0.15, -0.1) is 0 Å². The predicted octanol–water partition coefficient (Wildman–Crippen LogP) is 6.95. The summed E-state index contributed by atoms with van der Waals surface area (Å²) in [4.78, 5) is 31.8. The number of carbonyl (C=O) groups is 2. The van der Waals surface area contributed by atoms with E-state index in [9.17, 15) is 9.59 Å². The van der Waals surface area contributed by atoms with Crippen LogP contribution in [0, 0.1) is 0 Å². The quantitative estimate of drug-likeness (QED) is 0.138. The van der Waals surface area contributed by atoms with Gasteiger partial charge in [-0.25, -0.2) is 14.6 Å². The van der Waals surface area contributed by atoms with Gasteiger partial charge in [0.1, 0.15) is 11.1 Å². The fourth-order valence-electron chi connectivity index (χ4n) is 5.92. The van der Waals surface area contributed by atoms with Gasteiger partial charge < -0.3 is 19.4 Å². The third kappa shape index (κ3) is 6.83. The number of amides is 1. The molecular formula is C38H39N3O4. The highest BCUT2D eigenvalue weighted by Gasteiger charge is 2.44. The molecule has 0 aliphatic heterocycles. The number of nitrogens with zero attached hydrogens (tertiary/aromatic N) is 2. The van der Waals surface area contributed by atoms with E-state index in [0.29, 0.717) is 5.69 Å². The number of rotatable bonds is 10. The molecule has 1 aromatic heterocycles. The molecule has 0 spiro atoms. The van der Waals surface area contributed by atoms with E-state index >= 15 is 0 Å². The van der Waals surface area contributed by atoms with E-state index in [0.717, 1.165) is 22.3 Å². The average Bonchev–Trinajstić information content (AvgIpc) is 3.50. The van der Waals surface area contributed by atoms with Crippen LogP contribution in [0.15, 0.2) is 134 Å². The van der Waals surface area contributed by atoms with E-state index in [4.69, 9.17) is 14.5 Å². The van der Waals surface area contributed by atoms with Crippen LogP contribution >= 0.6 is 0 Å². The first kappa shape index (κ1) is 31.3. The second kappa shape index (κ2) is 13.2. The lowest BCUT2D eigenvalue weighted by Gasteiger charge is -2.37. The topological polar surface area (TPSA) is 82.5 Å². The summed E-state index contributed by atoms with van der Waals surface area (Å²) >= 11 is 0. The van der Waals surface area contributed by atoms with Gasteiger partial charge in [-0.3, -0.25) is 0 Å². The molecule has 0 fully saturated rings. The molecule has 1 heterocycles. The summed E-state index contributed by atoms with van der Waals surface area (Å²) in [6, 6.07) is 40.4.